The Morgan fingerprint density at radius 2 is 2.04 bits per heavy atom. The number of likely N-dealkylation sites (tertiary alicyclic amines) is 1. The molecule has 1 saturated heterocycles. The van der Waals surface area contributed by atoms with Gasteiger partial charge in [0, 0.05) is 37.1 Å². The first-order chi connectivity index (χ1) is 12.0. The van der Waals surface area contributed by atoms with Crippen molar-refractivity contribution in [2.75, 3.05) is 39.8 Å². The molecule has 0 unspecified atom stereocenters. The highest BCUT2D eigenvalue weighted by atomic mass is 35.5. The van der Waals surface area contributed by atoms with Crippen molar-refractivity contribution in [3.8, 4) is 5.75 Å². The van der Waals surface area contributed by atoms with Crippen LogP contribution in [0.2, 0.25) is 10.0 Å². The molecule has 0 radical (unpaired) electrons. The van der Waals surface area contributed by atoms with Crippen molar-refractivity contribution < 1.29 is 9.53 Å². The minimum Gasteiger partial charge on any atom is -0.491 e. The van der Waals surface area contributed by atoms with E-state index in [-0.39, 0.29) is 5.92 Å². The van der Waals surface area contributed by atoms with Crippen LogP contribution in [0, 0.1) is 5.92 Å². The van der Waals surface area contributed by atoms with Gasteiger partial charge in [-0.05, 0) is 44.5 Å². The molecule has 0 bridgehead atoms. The van der Waals surface area contributed by atoms with E-state index in [9.17, 15) is 4.79 Å². The summed E-state index contributed by atoms with van der Waals surface area (Å²) in [6.07, 6.45) is 4.04. The molecule has 140 valence electrons. The number of hydrogen-bond donors (Lipinski definition) is 0. The lowest BCUT2D eigenvalue weighted by Gasteiger charge is -2.33. The van der Waals surface area contributed by atoms with Gasteiger partial charge < -0.3 is 9.64 Å². The second-order valence-electron chi connectivity index (χ2n) is 6.65. The standard InChI is InChI=1S/C19H28Cl2N2O2/c1-3-4-9-22(2)19(24)15-7-10-23(11-8-15)12-13-25-18-14-16(20)5-6-17(18)21/h5-6,14-15H,3-4,7-13H2,1-2H3. The number of halogens is 2. The zero-order valence-electron chi connectivity index (χ0n) is 15.1. The summed E-state index contributed by atoms with van der Waals surface area (Å²) in [4.78, 5) is 16.7. The molecule has 2 rings (SSSR count). The molecule has 1 aliphatic heterocycles. The number of carbonyl (C=O) groups excluding carboxylic acids is 1. The fourth-order valence-electron chi connectivity index (χ4n) is 3.09. The molecule has 6 heteroatoms. The average Bonchev–Trinajstić information content (AvgIpc) is 2.62. The fraction of sp³-hybridized carbons (Fsp3) is 0.632. The van der Waals surface area contributed by atoms with Crippen molar-refractivity contribution in [2.45, 2.75) is 32.6 Å². The Morgan fingerprint density at radius 3 is 2.72 bits per heavy atom. The maximum Gasteiger partial charge on any atom is 0.225 e. The third-order valence-corrected chi connectivity index (χ3v) is 5.27. The van der Waals surface area contributed by atoms with E-state index in [0.717, 1.165) is 51.9 Å². The van der Waals surface area contributed by atoms with Crippen molar-refractivity contribution in [3.05, 3.63) is 28.2 Å². The first-order valence-corrected chi connectivity index (χ1v) is 9.82. The number of rotatable bonds is 8. The van der Waals surface area contributed by atoms with Crippen molar-refractivity contribution in [3.63, 3.8) is 0 Å². The third-order valence-electron chi connectivity index (χ3n) is 4.72. The van der Waals surface area contributed by atoms with Gasteiger partial charge in [0.1, 0.15) is 12.4 Å². The number of piperidine rings is 1. The third kappa shape index (κ3) is 6.36. The van der Waals surface area contributed by atoms with E-state index in [4.69, 9.17) is 27.9 Å². The highest BCUT2D eigenvalue weighted by molar-refractivity contribution is 6.34. The molecular weight excluding hydrogens is 359 g/mol. The molecule has 0 spiro atoms. The number of unbranched alkanes of at least 4 members (excludes halogenated alkanes) is 1. The van der Waals surface area contributed by atoms with Crippen LogP contribution in [0.25, 0.3) is 0 Å². The highest BCUT2D eigenvalue weighted by Gasteiger charge is 2.26. The maximum atomic E-state index is 12.4. The van der Waals surface area contributed by atoms with Crippen LogP contribution in [0.1, 0.15) is 32.6 Å². The van der Waals surface area contributed by atoms with Crippen LogP contribution < -0.4 is 4.74 Å². The van der Waals surface area contributed by atoms with Crippen LogP contribution in [0.3, 0.4) is 0 Å². The van der Waals surface area contributed by atoms with Gasteiger partial charge in [0.25, 0.3) is 0 Å². The smallest absolute Gasteiger partial charge is 0.225 e. The normalized spacial score (nSPS) is 16.0. The van der Waals surface area contributed by atoms with Crippen LogP contribution >= 0.6 is 23.2 Å². The Morgan fingerprint density at radius 1 is 1.32 bits per heavy atom. The van der Waals surface area contributed by atoms with E-state index < -0.39 is 0 Å². The molecule has 4 nitrogen and oxygen atoms in total. The molecule has 1 aromatic carbocycles. The molecular formula is C19H28Cl2N2O2. The van der Waals surface area contributed by atoms with Crippen LogP contribution in [0.5, 0.6) is 5.75 Å². The minimum atomic E-state index is 0.168. The zero-order valence-corrected chi connectivity index (χ0v) is 16.7. The predicted molar refractivity (Wildman–Crippen MR) is 104 cm³/mol. The zero-order chi connectivity index (χ0) is 18.2. The maximum absolute atomic E-state index is 12.4. The lowest BCUT2D eigenvalue weighted by atomic mass is 9.95. The summed E-state index contributed by atoms with van der Waals surface area (Å²) in [7, 11) is 1.92. The van der Waals surface area contributed by atoms with E-state index >= 15 is 0 Å². The molecule has 1 fully saturated rings. The van der Waals surface area contributed by atoms with E-state index in [1.807, 2.05) is 11.9 Å². The lowest BCUT2D eigenvalue weighted by molar-refractivity contribution is -0.135. The number of carbonyl (C=O) groups is 1. The molecule has 0 aromatic heterocycles. The van der Waals surface area contributed by atoms with Crippen LogP contribution in [-0.4, -0.2) is 55.5 Å². The molecule has 25 heavy (non-hydrogen) atoms. The Hall–Kier alpha value is -0.970. The van der Waals surface area contributed by atoms with E-state index in [1.54, 1.807) is 18.2 Å². The second-order valence-corrected chi connectivity index (χ2v) is 7.50. The van der Waals surface area contributed by atoms with Gasteiger partial charge in [0.2, 0.25) is 5.91 Å². The number of nitrogens with zero attached hydrogens (tertiary/aromatic N) is 2. The van der Waals surface area contributed by atoms with Crippen LogP contribution in [-0.2, 0) is 4.79 Å². The van der Waals surface area contributed by atoms with Crippen molar-refractivity contribution >= 4 is 29.1 Å². The van der Waals surface area contributed by atoms with Crippen molar-refractivity contribution in [1.29, 1.82) is 0 Å². The molecule has 0 N–H and O–H groups in total. The summed E-state index contributed by atoms with van der Waals surface area (Å²) in [5.41, 5.74) is 0. The summed E-state index contributed by atoms with van der Waals surface area (Å²) in [6, 6.07) is 5.22. The number of benzene rings is 1. The van der Waals surface area contributed by atoms with Gasteiger partial charge in [-0.3, -0.25) is 9.69 Å². The molecule has 0 saturated carbocycles. The van der Waals surface area contributed by atoms with E-state index in [2.05, 4.69) is 11.8 Å². The largest absolute Gasteiger partial charge is 0.491 e. The second kappa shape index (κ2) is 10.2. The summed E-state index contributed by atoms with van der Waals surface area (Å²) in [6.45, 7) is 6.28. The Bertz CT molecular complexity index is 560. The van der Waals surface area contributed by atoms with Crippen molar-refractivity contribution in [2.24, 2.45) is 5.92 Å². The van der Waals surface area contributed by atoms with Gasteiger partial charge in [-0.1, -0.05) is 36.5 Å². The molecule has 1 aliphatic rings. The lowest BCUT2D eigenvalue weighted by Crippen LogP contribution is -2.42. The molecule has 1 amide bonds. The topological polar surface area (TPSA) is 32.8 Å². The summed E-state index contributed by atoms with van der Waals surface area (Å²) in [5, 5.41) is 1.19. The molecule has 1 heterocycles. The molecule has 1 aromatic rings. The predicted octanol–water partition coefficient (Wildman–Crippen LogP) is 4.34. The number of ether oxygens (including phenoxy) is 1. The first kappa shape index (κ1) is 20.3. The average molecular weight is 387 g/mol. The van der Waals surface area contributed by atoms with Gasteiger partial charge in [0.15, 0.2) is 0 Å². The summed E-state index contributed by atoms with van der Waals surface area (Å²) < 4.78 is 5.74. The number of amides is 1. The molecule has 0 atom stereocenters. The number of hydrogen-bond acceptors (Lipinski definition) is 3. The quantitative estimate of drug-likeness (QED) is 0.665. The van der Waals surface area contributed by atoms with E-state index in [0.29, 0.717) is 28.3 Å². The van der Waals surface area contributed by atoms with Crippen LogP contribution in [0.15, 0.2) is 18.2 Å². The Balaban J connectivity index is 1.70. The monoisotopic (exact) mass is 386 g/mol. The summed E-state index contributed by atoms with van der Waals surface area (Å²) in [5.74, 6) is 1.09. The Kier molecular flexibility index (Phi) is 8.34. The van der Waals surface area contributed by atoms with E-state index in [1.165, 1.54) is 0 Å². The highest BCUT2D eigenvalue weighted by Crippen LogP contribution is 2.27. The molecule has 0 aliphatic carbocycles. The SMILES string of the molecule is CCCCN(C)C(=O)C1CCN(CCOc2cc(Cl)ccc2Cl)CC1. The van der Waals surface area contributed by atoms with Gasteiger partial charge in [0.05, 0.1) is 5.02 Å². The fourth-order valence-corrected chi connectivity index (χ4v) is 3.43. The van der Waals surface area contributed by atoms with Crippen molar-refractivity contribution in [1.82, 2.24) is 9.80 Å². The summed E-state index contributed by atoms with van der Waals surface area (Å²) >= 11 is 12.1. The first-order valence-electron chi connectivity index (χ1n) is 9.06. The van der Waals surface area contributed by atoms with Gasteiger partial charge in [-0.15, -0.1) is 0 Å². The minimum absolute atomic E-state index is 0.168. The van der Waals surface area contributed by atoms with Gasteiger partial charge >= 0.3 is 0 Å². The van der Waals surface area contributed by atoms with Crippen LogP contribution in [0.4, 0.5) is 0 Å². The van der Waals surface area contributed by atoms with Gasteiger partial charge in [-0.2, -0.15) is 0 Å². The Labute approximate surface area is 161 Å². The van der Waals surface area contributed by atoms with Gasteiger partial charge in [-0.25, -0.2) is 0 Å².